The van der Waals surface area contributed by atoms with Crippen molar-refractivity contribution in [1.29, 1.82) is 0 Å². The van der Waals surface area contributed by atoms with Gasteiger partial charge in [0.05, 0.1) is 25.0 Å². The number of carbonyl (C=O) groups is 2. The van der Waals surface area contributed by atoms with Crippen LogP contribution in [0.4, 0.5) is 0 Å². The van der Waals surface area contributed by atoms with E-state index in [1.807, 2.05) is 0 Å². The van der Waals surface area contributed by atoms with E-state index in [9.17, 15) is 19.8 Å². The number of aliphatic hydroxyl groups is 4. The topological polar surface area (TPSA) is 134 Å². The predicted octanol–water partition coefficient (Wildman–Crippen LogP) is -1.66. The van der Waals surface area contributed by atoms with Gasteiger partial charge >= 0.3 is 11.9 Å². The third kappa shape index (κ3) is 9.68. The second kappa shape index (κ2) is 9.65. The van der Waals surface area contributed by atoms with Crippen LogP contribution in [-0.4, -0.2) is 70.0 Å². The molecule has 8 nitrogen and oxygen atoms in total. The standard InChI is InChI=1S/C12H22O8/c1-7(13)3-11(17)19-5-9(15)10(16)6-20-12(18)4-8(2)14/h7-10,13-16H,3-6H2,1-2H3/t7-,8-,9-,10+/m1/s1. The molecule has 8 heteroatoms. The van der Waals surface area contributed by atoms with Gasteiger partial charge in [-0.15, -0.1) is 0 Å². The Morgan fingerprint density at radius 2 is 1.10 bits per heavy atom. The molecule has 4 N–H and O–H groups in total. The van der Waals surface area contributed by atoms with E-state index in [0.29, 0.717) is 0 Å². The predicted molar refractivity (Wildman–Crippen MR) is 66.5 cm³/mol. The minimum absolute atomic E-state index is 0.216. The molecule has 0 aliphatic carbocycles. The Morgan fingerprint density at radius 3 is 1.35 bits per heavy atom. The van der Waals surface area contributed by atoms with Gasteiger partial charge < -0.3 is 29.9 Å². The number of carbonyl (C=O) groups excluding carboxylic acids is 2. The molecule has 0 unspecified atom stereocenters. The molecule has 0 aromatic heterocycles. The van der Waals surface area contributed by atoms with Crippen molar-refractivity contribution in [3.63, 3.8) is 0 Å². The lowest BCUT2D eigenvalue weighted by atomic mass is 10.2. The highest BCUT2D eigenvalue weighted by Gasteiger charge is 2.21. The summed E-state index contributed by atoms with van der Waals surface area (Å²) in [5, 5.41) is 36.8. The Bertz CT molecular complexity index is 272. The molecular formula is C12H22O8. The van der Waals surface area contributed by atoms with Crippen LogP contribution in [0.5, 0.6) is 0 Å². The van der Waals surface area contributed by atoms with Crippen LogP contribution in [0, 0.1) is 0 Å². The fraction of sp³-hybridized carbons (Fsp3) is 0.833. The molecule has 0 fully saturated rings. The van der Waals surface area contributed by atoms with E-state index in [4.69, 9.17) is 10.2 Å². The van der Waals surface area contributed by atoms with Gasteiger partial charge in [-0.1, -0.05) is 0 Å². The lowest BCUT2D eigenvalue weighted by molar-refractivity contribution is -0.158. The van der Waals surface area contributed by atoms with E-state index < -0.39 is 49.6 Å². The molecule has 0 saturated heterocycles. The van der Waals surface area contributed by atoms with E-state index >= 15 is 0 Å². The van der Waals surface area contributed by atoms with Gasteiger partial charge in [-0.25, -0.2) is 0 Å². The van der Waals surface area contributed by atoms with Crippen LogP contribution in [0.1, 0.15) is 26.7 Å². The van der Waals surface area contributed by atoms with Crippen LogP contribution < -0.4 is 0 Å². The Morgan fingerprint density at radius 1 is 0.800 bits per heavy atom. The molecule has 0 saturated carbocycles. The zero-order valence-electron chi connectivity index (χ0n) is 11.6. The highest BCUT2D eigenvalue weighted by molar-refractivity contribution is 5.70. The van der Waals surface area contributed by atoms with Crippen molar-refractivity contribution in [2.75, 3.05) is 13.2 Å². The normalized spacial score (nSPS) is 16.9. The summed E-state index contributed by atoms with van der Waals surface area (Å²) in [7, 11) is 0. The summed E-state index contributed by atoms with van der Waals surface area (Å²) in [6.45, 7) is 1.88. The number of rotatable bonds is 9. The molecule has 0 aromatic rings. The summed E-state index contributed by atoms with van der Waals surface area (Å²) in [5.41, 5.74) is 0. The highest BCUT2D eigenvalue weighted by Crippen LogP contribution is 2.01. The van der Waals surface area contributed by atoms with Crippen molar-refractivity contribution in [2.24, 2.45) is 0 Å². The minimum atomic E-state index is -1.41. The molecule has 0 rings (SSSR count). The van der Waals surface area contributed by atoms with Gasteiger partial charge in [-0.05, 0) is 13.8 Å². The van der Waals surface area contributed by atoms with Crippen molar-refractivity contribution in [3.05, 3.63) is 0 Å². The second-order valence-corrected chi connectivity index (χ2v) is 4.61. The Hall–Kier alpha value is -1.22. The van der Waals surface area contributed by atoms with Gasteiger partial charge in [0.1, 0.15) is 25.4 Å². The van der Waals surface area contributed by atoms with Crippen molar-refractivity contribution < 1.29 is 39.5 Å². The third-order valence-corrected chi connectivity index (χ3v) is 2.20. The maximum absolute atomic E-state index is 11.1. The molecule has 0 aromatic carbocycles. The van der Waals surface area contributed by atoms with E-state index in [1.165, 1.54) is 13.8 Å². The lowest BCUT2D eigenvalue weighted by Crippen LogP contribution is -2.36. The molecule has 0 radical (unpaired) electrons. The van der Waals surface area contributed by atoms with E-state index in [2.05, 4.69) is 9.47 Å². The molecule has 0 heterocycles. The van der Waals surface area contributed by atoms with Gasteiger partial charge in [0.25, 0.3) is 0 Å². The third-order valence-electron chi connectivity index (χ3n) is 2.20. The highest BCUT2D eigenvalue weighted by atomic mass is 16.6. The summed E-state index contributed by atoms with van der Waals surface area (Å²) in [6.07, 6.45) is -4.96. The van der Waals surface area contributed by atoms with Crippen LogP contribution in [-0.2, 0) is 19.1 Å². The van der Waals surface area contributed by atoms with Crippen LogP contribution >= 0.6 is 0 Å². The zero-order valence-corrected chi connectivity index (χ0v) is 11.6. The van der Waals surface area contributed by atoms with Gasteiger partial charge in [0.15, 0.2) is 0 Å². The summed E-state index contributed by atoms with van der Waals surface area (Å²) < 4.78 is 9.24. The second-order valence-electron chi connectivity index (χ2n) is 4.61. The number of ether oxygens (including phenoxy) is 2. The molecule has 20 heavy (non-hydrogen) atoms. The fourth-order valence-electron chi connectivity index (χ4n) is 1.18. The summed E-state index contributed by atoms with van der Waals surface area (Å²) >= 11 is 0. The van der Waals surface area contributed by atoms with Crippen LogP contribution in [0.25, 0.3) is 0 Å². The molecule has 0 aliphatic heterocycles. The first-order valence-electron chi connectivity index (χ1n) is 6.25. The number of aliphatic hydroxyl groups excluding tert-OH is 4. The molecule has 0 bridgehead atoms. The first-order chi connectivity index (χ1) is 9.22. The maximum Gasteiger partial charge on any atom is 0.308 e. The monoisotopic (exact) mass is 294 g/mol. The SMILES string of the molecule is C[C@@H](O)CC(=O)OC[C@@H](O)[C@@H](O)COC(=O)C[C@@H](C)O. The van der Waals surface area contributed by atoms with Crippen LogP contribution in [0.15, 0.2) is 0 Å². The van der Waals surface area contributed by atoms with Gasteiger partial charge in [0, 0.05) is 0 Å². The minimum Gasteiger partial charge on any atom is -0.463 e. The summed E-state index contributed by atoms with van der Waals surface area (Å²) in [6, 6.07) is 0. The van der Waals surface area contributed by atoms with Crippen LogP contribution in [0.3, 0.4) is 0 Å². The first-order valence-corrected chi connectivity index (χ1v) is 6.25. The van der Waals surface area contributed by atoms with Crippen molar-refractivity contribution in [3.8, 4) is 0 Å². The lowest BCUT2D eigenvalue weighted by Gasteiger charge is -2.18. The molecular weight excluding hydrogens is 272 g/mol. The number of hydrogen-bond acceptors (Lipinski definition) is 8. The smallest absolute Gasteiger partial charge is 0.308 e. The van der Waals surface area contributed by atoms with Gasteiger partial charge in [-0.3, -0.25) is 9.59 Å². The molecule has 4 atom stereocenters. The molecule has 0 amide bonds. The molecule has 0 spiro atoms. The average molecular weight is 294 g/mol. The Balaban J connectivity index is 3.89. The van der Waals surface area contributed by atoms with Crippen LogP contribution in [0.2, 0.25) is 0 Å². The fourth-order valence-corrected chi connectivity index (χ4v) is 1.18. The van der Waals surface area contributed by atoms with Crippen molar-refractivity contribution >= 4 is 11.9 Å². The van der Waals surface area contributed by atoms with Crippen molar-refractivity contribution in [2.45, 2.75) is 51.1 Å². The summed E-state index contributed by atoms with van der Waals surface area (Å²) in [5.74, 6) is -1.42. The average Bonchev–Trinajstić information content (AvgIpc) is 2.31. The quantitative estimate of drug-likeness (QED) is 0.371. The Kier molecular flexibility index (Phi) is 9.06. The number of esters is 2. The Labute approximate surface area is 116 Å². The maximum atomic E-state index is 11.1. The number of hydrogen-bond donors (Lipinski definition) is 4. The van der Waals surface area contributed by atoms with Gasteiger partial charge in [-0.2, -0.15) is 0 Å². The van der Waals surface area contributed by atoms with E-state index in [1.54, 1.807) is 0 Å². The van der Waals surface area contributed by atoms with E-state index in [-0.39, 0.29) is 12.8 Å². The molecule has 118 valence electrons. The first kappa shape index (κ1) is 18.8. The molecule has 0 aliphatic rings. The zero-order chi connectivity index (χ0) is 15.7. The summed E-state index contributed by atoms with van der Waals surface area (Å²) in [4.78, 5) is 22.2. The largest absolute Gasteiger partial charge is 0.463 e. The van der Waals surface area contributed by atoms with Crippen molar-refractivity contribution in [1.82, 2.24) is 0 Å². The van der Waals surface area contributed by atoms with Gasteiger partial charge in [0.2, 0.25) is 0 Å². The van der Waals surface area contributed by atoms with E-state index in [0.717, 1.165) is 0 Å².